The van der Waals surface area contributed by atoms with Gasteiger partial charge in [0.25, 0.3) is 0 Å². The van der Waals surface area contributed by atoms with Gasteiger partial charge in [0.15, 0.2) is 5.75 Å². The third-order valence-electron chi connectivity index (χ3n) is 4.72. The number of para-hydroxylation sites is 1. The summed E-state index contributed by atoms with van der Waals surface area (Å²) in [6, 6.07) is 7.71. The number of benzene rings is 2. The van der Waals surface area contributed by atoms with E-state index in [4.69, 9.17) is 17.3 Å². The number of hydrogen-bond acceptors (Lipinski definition) is 5. The number of urea groups is 1. The standard InChI is InChI=1S/C18H19BrClN3O5S/c19-12-5-1-2-6-14(12)23(18(21)26)15-8-7-13(20)17(16(15)25)29(27,28)22-9-3-4-11(22)10-24/h1-2,5-8,11,24-25H,3-4,9-10H2,(H2,21,26). The average Bonchev–Trinajstić information content (AvgIpc) is 3.14. The summed E-state index contributed by atoms with van der Waals surface area (Å²) in [4.78, 5) is 12.7. The number of aromatic hydroxyl groups is 1. The molecule has 29 heavy (non-hydrogen) atoms. The highest BCUT2D eigenvalue weighted by atomic mass is 79.9. The van der Waals surface area contributed by atoms with E-state index in [1.165, 1.54) is 12.1 Å². The molecule has 1 unspecified atom stereocenters. The third-order valence-corrected chi connectivity index (χ3v) is 7.84. The molecule has 156 valence electrons. The van der Waals surface area contributed by atoms with Gasteiger partial charge in [0.05, 0.1) is 23.0 Å². The Morgan fingerprint density at radius 2 is 1.97 bits per heavy atom. The molecule has 11 heteroatoms. The Kier molecular flexibility index (Phi) is 6.39. The zero-order chi connectivity index (χ0) is 21.3. The van der Waals surface area contributed by atoms with Crippen LogP contribution in [0.4, 0.5) is 16.2 Å². The van der Waals surface area contributed by atoms with E-state index in [9.17, 15) is 23.4 Å². The maximum Gasteiger partial charge on any atom is 0.324 e. The second-order valence-corrected chi connectivity index (χ2v) is 9.55. The zero-order valence-corrected chi connectivity index (χ0v) is 18.3. The zero-order valence-electron chi connectivity index (χ0n) is 15.1. The highest BCUT2D eigenvalue weighted by Gasteiger charge is 2.39. The molecular formula is C18H19BrClN3O5S. The Hall–Kier alpha value is -1.85. The molecule has 1 atom stereocenters. The molecule has 0 saturated carbocycles. The highest BCUT2D eigenvalue weighted by Crippen LogP contribution is 2.44. The van der Waals surface area contributed by atoms with Crippen molar-refractivity contribution in [3.63, 3.8) is 0 Å². The van der Waals surface area contributed by atoms with Gasteiger partial charge in [-0.25, -0.2) is 13.2 Å². The number of sulfonamides is 1. The molecule has 0 aromatic heterocycles. The minimum absolute atomic E-state index is 0.132. The van der Waals surface area contributed by atoms with Gasteiger partial charge < -0.3 is 15.9 Å². The maximum atomic E-state index is 13.2. The number of nitrogens with two attached hydrogens (primary N) is 1. The van der Waals surface area contributed by atoms with Crippen LogP contribution in [0, 0.1) is 0 Å². The van der Waals surface area contributed by atoms with E-state index in [0.717, 1.165) is 9.21 Å². The molecule has 4 N–H and O–H groups in total. The van der Waals surface area contributed by atoms with E-state index < -0.39 is 32.7 Å². The van der Waals surface area contributed by atoms with Crippen molar-refractivity contribution in [2.45, 2.75) is 23.8 Å². The van der Waals surface area contributed by atoms with Crippen LogP contribution in [0.15, 0.2) is 45.8 Å². The summed E-state index contributed by atoms with van der Waals surface area (Å²) in [5.74, 6) is -0.698. The smallest absolute Gasteiger partial charge is 0.324 e. The number of primary amides is 1. The number of phenols is 1. The van der Waals surface area contributed by atoms with Crippen LogP contribution in [-0.2, 0) is 10.0 Å². The largest absolute Gasteiger partial charge is 0.504 e. The number of carbonyl (C=O) groups is 1. The summed E-state index contributed by atoms with van der Waals surface area (Å²) < 4.78 is 28.1. The number of amides is 2. The Bertz CT molecular complexity index is 1050. The summed E-state index contributed by atoms with van der Waals surface area (Å²) in [6.07, 6.45) is 1.07. The summed E-state index contributed by atoms with van der Waals surface area (Å²) in [7, 11) is -4.23. The first kappa shape index (κ1) is 21.8. The van der Waals surface area contributed by atoms with Crippen molar-refractivity contribution in [2.75, 3.05) is 18.1 Å². The highest BCUT2D eigenvalue weighted by molar-refractivity contribution is 9.10. The molecule has 1 saturated heterocycles. The fraction of sp³-hybridized carbons (Fsp3) is 0.278. The van der Waals surface area contributed by atoms with Gasteiger partial charge in [-0.15, -0.1) is 0 Å². The molecular weight excluding hydrogens is 486 g/mol. The number of phenolic OH excluding ortho intramolecular Hbond substituents is 1. The Balaban J connectivity index is 2.19. The molecule has 1 fully saturated rings. The average molecular weight is 505 g/mol. The number of rotatable bonds is 5. The molecule has 1 aliphatic rings. The van der Waals surface area contributed by atoms with Crippen molar-refractivity contribution < 1.29 is 23.4 Å². The normalized spacial score (nSPS) is 17.4. The number of halogens is 2. The van der Waals surface area contributed by atoms with Crippen LogP contribution >= 0.6 is 27.5 Å². The molecule has 8 nitrogen and oxygen atoms in total. The molecule has 0 aliphatic carbocycles. The first-order chi connectivity index (χ1) is 13.7. The molecule has 1 aliphatic heterocycles. The molecule has 0 bridgehead atoms. The van der Waals surface area contributed by atoms with Crippen molar-refractivity contribution in [1.82, 2.24) is 4.31 Å². The number of carbonyl (C=O) groups excluding carboxylic acids is 1. The minimum Gasteiger partial charge on any atom is -0.504 e. The van der Waals surface area contributed by atoms with Crippen molar-refractivity contribution in [3.8, 4) is 5.75 Å². The van der Waals surface area contributed by atoms with E-state index in [2.05, 4.69) is 15.9 Å². The van der Waals surface area contributed by atoms with Gasteiger partial charge in [0, 0.05) is 17.1 Å². The van der Waals surface area contributed by atoms with Gasteiger partial charge in [0.1, 0.15) is 4.90 Å². The Morgan fingerprint density at radius 1 is 1.28 bits per heavy atom. The molecule has 3 rings (SSSR count). The lowest BCUT2D eigenvalue weighted by molar-refractivity contribution is 0.213. The van der Waals surface area contributed by atoms with Gasteiger partial charge in [-0.2, -0.15) is 4.31 Å². The number of nitrogens with zero attached hydrogens (tertiary/aromatic N) is 2. The lowest BCUT2D eigenvalue weighted by Crippen LogP contribution is -2.38. The number of anilines is 2. The topological polar surface area (TPSA) is 124 Å². The SMILES string of the molecule is NC(=O)N(c1ccccc1Br)c1ccc(Cl)c(S(=O)(=O)N2CCCC2CO)c1O. The van der Waals surface area contributed by atoms with E-state index in [0.29, 0.717) is 23.0 Å². The van der Waals surface area contributed by atoms with Crippen LogP contribution in [0.25, 0.3) is 0 Å². The lowest BCUT2D eigenvalue weighted by Gasteiger charge is -2.27. The van der Waals surface area contributed by atoms with E-state index >= 15 is 0 Å². The molecule has 2 aromatic rings. The van der Waals surface area contributed by atoms with Crippen molar-refractivity contribution in [3.05, 3.63) is 45.9 Å². The monoisotopic (exact) mass is 503 g/mol. The van der Waals surface area contributed by atoms with Gasteiger partial charge in [0.2, 0.25) is 10.0 Å². The van der Waals surface area contributed by atoms with Crippen molar-refractivity contribution in [1.29, 1.82) is 0 Å². The first-order valence-corrected chi connectivity index (χ1v) is 11.3. The fourth-order valence-electron chi connectivity index (χ4n) is 3.39. The van der Waals surface area contributed by atoms with Gasteiger partial charge in [-0.3, -0.25) is 4.90 Å². The quantitative estimate of drug-likeness (QED) is 0.577. The number of hydrogen-bond donors (Lipinski definition) is 3. The van der Waals surface area contributed by atoms with Crippen LogP contribution in [0.1, 0.15) is 12.8 Å². The summed E-state index contributed by atoms with van der Waals surface area (Å²) >= 11 is 9.46. The first-order valence-electron chi connectivity index (χ1n) is 8.68. The predicted molar refractivity (Wildman–Crippen MR) is 113 cm³/mol. The van der Waals surface area contributed by atoms with Crippen molar-refractivity contribution in [2.24, 2.45) is 5.73 Å². The van der Waals surface area contributed by atoms with E-state index in [1.54, 1.807) is 24.3 Å². The summed E-state index contributed by atoms with van der Waals surface area (Å²) in [5.41, 5.74) is 5.71. The second kappa shape index (κ2) is 8.49. The molecule has 0 radical (unpaired) electrons. The molecule has 0 spiro atoms. The van der Waals surface area contributed by atoms with Crippen LogP contribution in [0.3, 0.4) is 0 Å². The third kappa shape index (κ3) is 3.95. The van der Waals surface area contributed by atoms with Gasteiger partial charge in [-0.05, 0) is 53.0 Å². The molecule has 2 aromatic carbocycles. The van der Waals surface area contributed by atoms with Crippen LogP contribution in [0.5, 0.6) is 5.75 Å². The van der Waals surface area contributed by atoms with Crippen LogP contribution < -0.4 is 10.6 Å². The van der Waals surface area contributed by atoms with Gasteiger partial charge in [-0.1, -0.05) is 23.7 Å². The fourth-order valence-corrected chi connectivity index (χ4v) is 6.13. The van der Waals surface area contributed by atoms with E-state index in [-0.39, 0.29) is 23.9 Å². The molecule has 2 amide bonds. The summed E-state index contributed by atoms with van der Waals surface area (Å²) in [5, 5.41) is 20.2. The van der Waals surface area contributed by atoms with E-state index in [1.807, 2.05) is 0 Å². The maximum absolute atomic E-state index is 13.2. The Morgan fingerprint density at radius 3 is 2.59 bits per heavy atom. The van der Waals surface area contributed by atoms with Crippen LogP contribution in [-0.4, -0.2) is 48.2 Å². The lowest BCUT2D eigenvalue weighted by atomic mass is 10.2. The summed E-state index contributed by atoms with van der Waals surface area (Å²) in [6.45, 7) is -0.154. The predicted octanol–water partition coefficient (Wildman–Crippen LogP) is 3.17. The Labute approximate surface area is 181 Å². The van der Waals surface area contributed by atoms with Crippen molar-refractivity contribution >= 4 is 55.0 Å². The van der Waals surface area contributed by atoms with Crippen LogP contribution in [0.2, 0.25) is 5.02 Å². The second-order valence-electron chi connectivity index (χ2n) is 6.46. The minimum atomic E-state index is -4.23. The van der Waals surface area contributed by atoms with Gasteiger partial charge >= 0.3 is 6.03 Å². The number of aliphatic hydroxyl groups excluding tert-OH is 1. The molecule has 1 heterocycles. The number of aliphatic hydroxyl groups is 1.